The zero-order valence-electron chi connectivity index (χ0n) is 15.5. The van der Waals surface area contributed by atoms with Crippen LogP contribution in [0.25, 0.3) is 0 Å². The second-order valence-corrected chi connectivity index (χ2v) is 9.38. The fourth-order valence-electron chi connectivity index (χ4n) is 6.75. The molecule has 2 N–H and O–H groups in total. The number of hydrogen-bond acceptors (Lipinski definition) is 2. The minimum Gasteiger partial charge on any atom is -0.370 e. The molecule has 0 aromatic carbocycles. The number of piperidine rings is 1. The first-order valence-corrected chi connectivity index (χ1v) is 10.2. The third kappa shape index (κ3) is 3.24. The molecule has 0 radical (unpaired) electrons. The van der Waals surface area contributed by atoms with Gasteiger partial charge in [-0.25, -0.2) is 0 Å². The lowest BCUT2D eigenvalue weighted by atomic mass is 9.48. The van der Waals surface area contributed by atoms with Gasteiger partial charge in [0.25, 0.3) is 0 Å². The van der Waals surface area contributed by atoms with Gasteiger partial charge in [-0.05, 0) is 87.9 Å². The Morgan fingerprint density at radius 1 is 1.08 bits per heavy atom. The van der Waals surface area contributed by atoms with E-state index in [0.717, 1.165) is 43.6 Å². The van der Waals surface area contributed by atoms with E-state index >= 15 is 0 Å². The Bertz CT molecular complexity index is 559. The molecule has 0 aromatic heterocycles. The van der Waals surface area contributed by atoms with Crippen LogP contribution in [-0.2, 0) is 9.59 Å². The third-order valence-electron chi connectivity index (χ3n) is 7.56. The molecule has 5 rings (SSSR count). The van der Waals surface area contributed by atoms with E-state index in [2.05, 4.69) is 6.92 Å². The van der Waals surface area contributed by atoms with Crippen LogP contribution in [0.2, 0.25) is 0 Å². The Balaban J connectivity index is 1.51. The number of amides is 2. The van der Waals surface area contributed by atoms with Gasteiger partial charge in [-0.2, -0.15) is 0 Å². The predicted octanol–water partition coefficient (Wildman–Crippen LogP) is 3.41. The summed E-state index contributed by atoms with van der Waals surface area (Å²) in [5, 5.41) is 0. The van der Waals surface area contributed by atoms with Crippen LogP contribution in [-0.4, -0.2) is 29.3 Å². The van der Waals surface area contributed by atoms with Gasteiger partial charge in [0.15, 0.2) is 0 Å². The smallest absolute Gasteiger partial charge is 0.246 e. The average Bonchev–Trinajstić information content (AvgIpc) is 2.53. The molecule has 4 heteroatoms. The Kier molecular flexibility index (Phi) is 4.41. The van der Waals surface area contributed by atoms with E-state index in [1.165, 1.54) is 44.1 Å². The lowest BCUT2D eigenvalue weighted by molar-refractivity contribution is -0.131. The Morgan fingerprint density at radius 2 is 1.68 bits per heavy atom. The second kappa shape index (κ2) is 6.44. The van der Waals surface area contributed by atoms with Gasteiger partial charge >= 0.3 is 0 Å². The van der Waals surface area contributed by atoms with Crippen molar-refractivity contribution in [3.63, 3.8) is 0 Å². The number of primary amides is 1. The maximum atomic E-state index is 13.0. The summed E-state index contributed by atoms with van der Waals surface area (Å²) >= 11 is 0. The summed E-state index contributed by atoms with van der Waals surface area (Å²) in [6.07, 6.45) is 13.4. The zero-order valence-corrected chi connectivity index (χ0v) is 15.5. The number of hydrogen-bond donors (Lipinski definition) is 1. The summed E-state index contributed by atoms with van der Waals surface area (Å²) in [5.74, 6) is 2.48. The largest absolute Gasteiger partial charge is 0.370 e. The van der Waals surface area contributed by atoms with E-state index in [9.17, 15) is 9.59 Å². The standard InChI is InChI=1S/C21H32N2O2/c1-14(21-11-15-7-16(12-21)9-17(8-15)13-21)6-20(25)23-5-3-2-4-18(23)10-19(22)24/h6,15-18H,2-5,7-13H2,1H3,(H2,22,24)/b14-6-/t15?,16?,17?,18-,21?/m0/s1. The summed E-state index contributed by atoms with van der Waals surface area (Å²) in [7, 11) is 0. The summed E-state index contributed by atoms with van der Waals surface area (Å²) < 4.78 is 0. The monoisotopic (exact) mass is 344 g/mol. The molecule has 25 heavy (non-hydrogen) atoms. The first-order valence-electron chi connectivity index (χ1n) is 10.2. The van der Waals surface area contributed by atoms with Crippen LogP contribution in [0.4, 0.5) is 0 Å². The third-order valence-corrected chi connectivity index (χ3v) is 7.56. The van der Waals surface area contributed by atoms with Crippen molar-refractivity contribution in [3.05, 3.63) is 11.6 Å². The van der Waals surface area contributed by atoms with E-state index < -0.39 is 0 Å². The van der Waals surface area contributed by atoms with Crippen LogP contribution < -0.4 is 5.73 Å². The van der Waals surface area contributed by atoms with Crippen molar-refractivity contribution in [1.82, 2.24) is 4.90 Å². The normalized spacial score (nSPS) is 40.4. The minimum absolute atomic E-state index is 0.000775. The minimum atomic E-state index is -0.300. The van der Waals surface area contributed by atoms with Crippen molar-refractivity contribution in [2.24, 2.45) is 28.9 Å². The predicted molar refractivity (Wildman–Crippen MR) is 97.5 cm³/mol. The molecule has 1 saturated heterocycles. The molecule has 5 fully saturated rings. The second-order valence-electron chi connectivity index (χ2n) is 9.38. The van der Waals surface area contributed by atoms with Crippen LogP contribution in [0, 0.1) is 23.2 Å². The lowest BCUT2D eigenvalue weighted by Crippen LogP contribution is -2.47. The summed E-state index contributed by atoms with van der Waals surface area (Å²) in [5.41, 5.74) is 6.99. The molecule has 138 valence electrons. The van der Waals surface area contributed by atoms with Crippen LogP contribution in [0.15, 0.2) is 11.6 Å². The number of carbonyl (C=O) groups excluding carboxylic acids is 2. The van der Waals surface area contributed by atoms with E-state index in [-0.39, 0.29) is 17.9 Å². The van der Waals surface area contributed by atoms with E-state index in [1.807, 2.05) is 11.0 Å². The molecule has 0 unspecified atom stereocenters. The fraction of sp³-hybridized carbons (Fsp3) is 0.810. The number of likely N-dealkylation sites (tertiary alicyclic amines) is 1. The van der Waals surface area contributed by atoms with Crippen molar-refractivity contribution < 1.29 is 9.59 Å². The van der Waals surface area contributed by atoms with E-state index in [4.69, 9.17) is 5.73 Å². The lowest BCUT2D eigenvalue weighted by Gasteiger charge is -2.57. The van der Waals surface area contributed by atoms with Gasteiger partial charge in [-0.3, -0.25) is 9.59 Å². The van der Waals surface area contributed by atoms with Gasteiger partial charge in [0.1, 0.15) is 0 Å². The van der Waals surface area contributed by atoms with Gasteiger partial charge in [-0.1, -0.05) is 5.57 Å². The number of nitrogens with zero attached hydrogens (tertiary/aromatic N) is 1. The van der Waals surface area contributed by atoms with Gasteiger partial charge in [-0.15, -0.1) is 0 Å². The summed E-state index contributed by atoms with van der Waals surface area (Å²) in [6.45, 7) is 2.96. The van der Waals surface area contributed by atoms with Gasteiger partial charge < -0.3 is 10.6 Å². The molecule has 5 aliphatic rings. The van der Waals surface area contributed by atoms with E-state index in [0.29, 0.717) is 11.8 Å². The number of rotatable bonds is 4. The molecule has 4 nitrogen and oxygen atoms in total. The van der Waals surface area contributed by atoms with Gasteiger partial charge in [0.2, 0.25) is 11.8 Å². The Morgan fingerprint density at radius 3 is 2.24 bits per heavy atom. The van der Waals surface area contributed by atoms with Crippen molar-refractivity contribution in [2.45, 2.75) is 77.2 Å². The van der Waals surface area contributed by atoms with Crippen molar-refractivity contribution in [2.75, 3.05) is 6.54 Å². The first kappa shape index (κ1) is 17.1. The quantitative estimate of drug-likeness (QED) is 0.794. The highest BCUT2D eigenvalue weighted by Crippen LogP contribution is 2.62. The highest BCUT2D eigenvalue weighted by atomic mass is 16.2. The Labute approximate surface area is 151 Å². The molecule has 4 aliphatic carbocycles. The number of carbonyl (C=O) groups is 2. The number of allylic oxidation sites excluding steroid dienone is 1. The van der Waals surface area contributed by atoms with Crippen LogP contribution in [0.5, 0.6) is 0 Å². The summed E-state index contributed by atoms with van der Waals surface area (Å²) in [6, 6.07) is -0.000775. The topological polar surface area (TPSA) is 63.4 Å². The zero-order chi connectivity index (χ0) is 17.6. The molecule has 1 atom stereocenters. The van der Waals surface area contributed by atoms with Crippen LogP contribution in [0.3, 0.4) is 0 Å². The molecule has 0 spiro atoms. The highest BCUT2D eigenvalue weighted by Gasteiger charge is 2.51. The van der Waals surface area contributed by atoms with Crippen LogP contribution >= 0.6 is 0 Å². The van der Waals surface area contributed by atoms with E-state index in [1.54, 1.807) is 0 Å². The highest BCUT2D eigenvalue weighted by molar-refractivity contribution is 5.89. The van der Waals surface area contributed by atoms with Crippen molar-refractivity contribution in [1.29, 1.82) is 0 Å². The van der Waals surface area contributed by atoms with Crippen molar-refractivity contribution in [3.8, 4) is 0 Å². The van der Waals surface area contributed by atoms with Gasteiger partial charge in [0.05, 0.1) is 0 Å². The molecule has 1 aliphatic heterocycles. The number of nitrogens with two attached hydrogens (primary N) is 1. The molecule has 0 aromatic rings. The summed E-state index contributed by atoms with van der Waals surface area (Å²) in [4.78, 5) is 26.3. The fourth-order valence-corrected chi connectivity index (χ4v) is 6.75. The van der Waals surface area contributed by atoms with Crippen LogP contribution in [0.1, 0.15) is 71.1 Å². The average molecular weight is 344 g/mol. The molecule has 4 saturated carbocycles. The molecule has 2 amide bonds. The van der Waals surface area contributed by atoms with Gasteiger partial charge in [0, 0.05) is 25.1 Å². The SMILES string of the molecule is C/C(=C/C(=O)N1CCCC[C@H]1CC(N)=O)C12CC3CC(CC(C3)C1)C2. The maximum Gasteiger partial charge on any atom is 0.246 e. The molecular weight excluding hydrogens is 312 g/mol. The molecule has 1 heterocycles. The van der Waals surface area contributed by atoms with Crippen molar-refractivity contribution >= 4 is 11.8 Å². The molecule has 4 bridgehead atoms. The Hall–Kier alpha value is -1.32. The first-order chi connectivity index (χ1) is 11.9. The maximum absolute atomic E-state index is 13.0. The molecular formula is C21H32N2O2.